The first-order valence-electron chi connectivity index (χ1n) is 13.1. The molecule has 3 aliphatic heterocycles. The van der Waals surface area contributed by atoms with Crippen LogP contribution in [-0.4, -0.2) is 64.6 Å². The number of nitrogens with zero attached hydrogens (tertiary/aromatic N) is 3. The van der Waals surface area contributed by atoms with Crippen molar-refractivity contribution in [2.45, 2.75) is 44.7 Å². The summed E-state index contributed by atoms with van der Waals surface area (Å²) in [5.41, 5.74) is 2.16. The van der Waals surface area contributed by atoms with E-state index >= 15 is 0 Å². The zero-order valence-corrected chi connectivity index (χ0v) is 22.0. The zero-order chi connectivity index (χ0) is 28.4. The number of hydrogen-bond acceptors (Lipinski definition) is 7. The number of rotatable bonds is 5. The summed E-state index contributed by atoms with van der Waals surface area (Å²) in [6.45, 7) is 1.36. The van der Waals surface area contributed by atoms with Gasteiger partial charge in [0, 0.05) is 61.3 Å². The molecule has 0 saturated carbocycles. The van der Waals surface area contributed by atoms with Gasteiger partial charge in [0.15, 0.2) is 5.75 Å². The lowest BCUT2D eigenvalue weighted by molar-refractivity contribution is -0.385. The fourth-order valence-corrected chi connectivity index (χ4v) is 5.55. The highest BCUT2D eigenvalue weighted by molar-refractivity contribution is 6.05. The van der Waals surface area contributed by atoms with E-state index in [0.29, 0.717) is 37.1 Å². The number of nitro benzene ring substituents is 1. The standard InChI is InChI=1S/C29H28N4O7/c1-40-25-15-20(10-11-23(25)33(38)39)28(36)31-14-4-6-18(16-31)5-2-7-19-8-3-9-21-22(19)17-32(29(21)37)24-12-13-26(34)30-27(24)35/h3,8-11,15,18,24H,4-6,12-14,16-17H2,1H3,(H,30,34,35)/t18-,24?/m1/s1. The van der Waals surface area contributed by atoms with Crippen LogP contribution in [0.2, 0.25) is 0 Å². The van der Waals surface area contributed by atoms with Gasteiger partial charge in [-0.15, -0.1) is 0 Å². The Morgan fingerprint density at radius 2 is 2.02 bits per heavy atom. The largest absolute Gasteiger partial charge is 0.490 e. The number of nitro groups is 1. The number of amides is 4. The summed E-state index contributed by atoms with van der Waals surface area (Å²) in [4.78, 5) is 63.9. The minimum atomic E-state index is -0.681. The molecule has 206 valence electrons. The van der Waals surface area contributed by atoms with E-state index in [1.807, 2.05) is 6.07 Å². The van der Waals surface area contributed by atoms with Gasteiger partial charge < -0.3 is 14.5 Å². The summed E-state index contributed by atoms with van der Waals surface area (Å²) < 4.78 is 5.10. The molecule has 0 radical (unpaired) electrons. The summed E-state index contributed by atoms with van der Waals surface area (Å²) in [7, 11) is 1.33. The minimum absolute atomic E-state index is 0.0420. The molecule has 0 bridgehead atoms. The number of methoxy groups -OCH3 is 1. The molecule has 4 amide bonds. The van der Waals surface area contributed by atoms with Crippen LogP contribution in [0.1, 0.15) is 63.9 Å². The lowest BCUT2D eigenvalue weighted by Gasteiger charge is -2.32. The van der Waals surface area contributed by atoms with Gasteiger partial charge in [-0.25, -0.2) is 0 Å². The lowest BCUT2D eigenvalue weighted by atomic mass is 9.94. The van der Waals surface area contributed by atoms with Gasteiger partial charge in [-0.3, -0.25) is 34.6 Å². The smallest absolute Gasteiger partial charge is 0.310 e. The maximum atomic E-state index is 13.1. The van der Waals surface area contributed by atoms with Crippen molar-refractivity contribution in [3.8, 4) is 17.6 Å². The number of hydrogen-bond donors (Lipinski definition) is 1. The first kappa shape index (κ1) is 26.9. The van der Waals surface area contributed by atoms with Gasteiger partial charge in [-0.05, 0) is 48.9 Å². The first-order valence-corrected chi connectivity index (χ1v) is 13.1. The Balaban J connectivity index is 1.25. The van der Waals surface area contributed by atoms with E-state index in [2.05, 4.69) is 17.2 Å². The van der Waals surface area contributed by atoms with Crippen LogP contribution in [0.5, 0.6) is 5.75 Å². The summed E-state index contributed by atoms with van der Waals surface area (Å²) in [5.74, 6) is 5.39. The number of fused-ring (bicyclic) bond motifs is 1. The summed E-state index contributed by atoms with van der Waals surface area (Å²) in [6, 6.07) is 8.80. The van der Waals surface area contributed by atoms with Crippen LogP contribution in [0.25, 0.3) is 0 Å². The van der Waals surface area contributed by atoms with E-state index < -0.39 is 16.9 Å². The van der Waals surface area contributed by atoms with Crippen LogP contribution < -0.4 is 10.1 Å². The number of likely N-dealkylation sites (tertiary alicyclic amines) is 1. The highest BCUT2D eigenvalue weighted by Gasteiger charge is 2.39. The van der Waals surface area contributed by atoms with Crippen LogP contribution in [0.15, 0.2) is 36.4 Å². The molecule has 3 aliphatic rings. The molecule has 11 nitrogen and oxygen atoms in total. The normalized spacial score (nSPS) is 20.4. The highest BCUT2D eigenvalue weighted by Crippen LogP contribution is 2.31. The van der Waals surface area contributed by atoms with Gasteiger partial charge in [-0.2, -0.15) is 0 Å². The van der Waals surface area contributed by atoms with Crippen molar-refractivity contribution in [1.82, 2.24) is 15.1 Å². The molecule has 2 aromatic rings. The number of piperidine rings is 2. The maximum Gasteiger partial charge on any atom is 0.310 e. The number of nitrogens with one attached hydrogen (secondary N) is 1. The molecular formula is C29H28N4O7. The molecule has 2 aromatic carbocycles. The second-order valence-corrected chi connectivity index (χ2v) is 10.1. The Morgan fingerprint density at radius 3 is 2.77 bits per heavy atom. The van der Waals surface area contributed by atoms with Crippen LogP contribution in [0, 0.1) is 27.9 Å². The van der Waals surface area contributed by atoms with Gasteiger partial charge in [-0.1, -0.05) is 17.9 Å². The average molecular weight is 545 g/mol. The zero-order valence-electron chi connectivity index (χ0n) is 22.0. The lowest BCUT2D eigenvalue weighted by Crippen LogP contribution is -2.52. The number of carbonyl (C=O) groups is 4. The summed E-state index contributed by atoms with van der Waals surface area (Å²) in [5, 5.41) is 13.5. The van der Waals surface area contributed by atoms with Crippen molar-refractivity contribution in [1.29, 1.82) is 0 Å². The van der Waals surface area contributed by atoms with E-state index in [9.17, 15) is 29.3 Å². The van der Waals surface area contributed by atoms with E-state index in [1.165, 1.54) is 30.2 Å². The molecular weight excluding hydrogens is 516 g/mol. The van der Waals surface area contributed by atoms with Crippen LogP contribution in [0.4, 0.5) is 5.69 Å². The van der Waals surface area contributed by atoms with Crippen LogP contribution in [-0.2, 0) is 16.1 Å². The molecule has 3 heterocycles. The predicted octanol–water partition coefficient (Wildman–Crippen LogP) is 2.66. The molecule has 2 fully saturated rings. The Morgan fingerprint density at radius 1 is 1.20 bits per heavy atom. The third-order valence-corrected chi connectivity index (χ3v) is 7.63. The maximum absolute atomic E-state index is 13.1. The molecule has 1 N–H and O–H groups in total. The second-order valence-electron chi connectivity index (χ2n) is 10.1. The van der Waals surface area contributed by atoms with Crippen LogP contribution in [0.3, 0.4) is 0 Å². The Kier molecular flexibility index (Phi) is 7.51. The predicted molar refractivity (Wildman–Crippen MR) is 142 cm³/mol. The van der Waals surface area contributed by atoms with Crippen molar-refractivity contribution in [3.05, 3.63) is 68.8 Å². The minimum Gasteiger partial charge on any atom is -0.490 e. The van der Waals surface area contributed by atoms with Crippen molar-refractivity contribution in [2.75, 3.05) is 20.2 Å². The Bertz CT molecular complexity index is 1470. The van der Waals surface area contributed by atoms with Gasteiger partial charge in [0.1, 0.15) is 6.04 Å². The van der Waals surface area contributed by atoms with Crippen molar-refractivity contribution in [2.24, 2.45) is 5.92 Å². The number of imide groups is 1. The topological polar surface area (TPSA) is 139 Å². The number of carbonyl (C=O) groups excluding carboxylic acids is 4. The van der Waals surface area contributed by atoms with E-state index in [0.717, 1.165) is 24.0 Å². The Labute approximate surface area is 230 Å². The molecule has 11 heteroatoms. The first-order chi connectivity index (χ1) is 19.3. The SMILES string of the molecule is COc1cc(C(=O)N2CCC[C@@H](CC#Cc3cccc4c3CN(C3CCC(=O)NC3=O)C4=O)C2)ccc1[N+](=O)[O-]. The number of ether oxygens (including phenoxy) is 1. The molecule has 1 unspecified atom stereocenters. The summed E-state index contributed by atoms with van der Waals surface area (Å²) in [6.07, 6.45) is 2.79. The van der Waals surface area contributed by atoms with Gasteiger partial charge in [0.25, 0.3) is 11.8 Å². The third-order valence-electron chi connectivity index (χ3n) is 7.63. The fraction of sp³-hybridized carbons (Fsp3) is 0.379. The van der Waals surface area contributed by atoms with Crippen LogP contribution >= 0.6 is 0 Å². The molecule has 40 heavy (non-hydrogen) atoms. The highest BCUT2D eigenvalue weighted by atomic mass is 16.6. The van der Waals surface area contributed by atoms with E-state index in [4.69, 9.17) is 4.74 Å². The molecule has 2 atom stereocenters. The Hall–Kier alpha value is -4.72. The van der Waals surface area contributed by atoms with Crippen molar-refractivity contribution < 1.29 is 28.8 Å². The van der Waals surface area contributed by atoms with Crippen molar-refractivity contribution >= 4 is 29.3 Å². The average Bonchev–Trinajstić information content (AvgIpc) is 3.29. The third kappa shape index (κ3) is 5.25. The summed E-state index contributed by atoms with van der Waals surface area (Å²) >= 11 is 0. The van der Waals surface area contributed by atoms with Gasteiger partial charge in [0.2, 0.25) is 11.8 Å². The molecule has 5 rings (SSSR count). The van der Waals surface area contributed by atoms with Gasteiger partial charge in [0.05, 0.1) is 12.0 Å². The quantitative estimate of drug-likeness (QED) is 0.264. The molecule has 2 saturated heterocycles. The molecule has 0 aromatic heterocycles. The van der Waals surface area contributed by atoms with E-state index in [1.54, 1.807) is 17.0 Å². The second kappa shape index (κ2) is 11.2. The van der Waals surface area contributed by atoms with E-state index in [-0.39, 0.29) is 48.0 Å². The van der Waals surface area contributed by atoms with Crippen molar-refractivity contribution in [3.63, 3.8) is 0 Å². The monoisotopic (exact) mass is 544 g/mol. The molecule has 0 aliphatic carbocycles. The van der Waals surface area contributed by atoms with Gasteiger partial charge >= 0.3 is 5.69 Å². The number of benzene rings is 2. The fourth-order valence-electron chi connectivity index (χ4n) is 5.55. The molecule has 0 spiro atoms.